The lowest BCUT2D eigenvalue weighted by molar-refractivity contribution is 0.111. The highest BCUT2D eigenvalue weighted by atomic mass is 16.3. The summed E-state index contributed by atoms with van der Waals surface area (Å²) in [5.74, 6) is 0.406. The first-order chi connectivity index (χ1) is 5.59. The van der Waals surface area contributed by atoms with Crippen molar-refractivity contribution in [2.75, 3.05) is 19.6 Å². The van der Waals surface area contributed by atoms with Crippen molar-refractivity contribution in [3.05, 3.63) is 0 Å². The van der Waals surface area contributed by atoms with Gasteiger partial charge in [-0.3, -0.25) is 0 Å². The minimum Gasteiger partial charge on any atom is -0.393 e. The van der Waals surface area contributed by atoms with Crippen molar-refractivity contribution in [2.24, 2.45) is 5.92 Å². The van der Waals surface area contributed by atoms with Gasteiger partial charge >= 0.3 is 0 Å². The van der Waals surface area contributed by atoms with Crippen LogP contribution in [0.3, 0.4) is 0 Å². The Morgan fingerprint density at radius 1 is 1.42 bits per heavy atom. The lowest BCUT2D eigenvalue weighted by atomic mass is 10.0. The number of hydrogen-bond acceptors (Lipinski definition) is 3. The van der Waals surface area contributed by atoms with Crippen LogP contribution in [0.4, 0.5) is 0 Å². The van der Waals surface area contributed by atoms with Crippen LogP contribution in [0.25, 0.3) is 0 Å². The van der Waals surface area contributed by atoms with Crippen LogP contribution in [0.1, 0.15) is 20.3 Å². The van der Waals surface area contributed by atoms with Crippen LogP contribution < -0.4 is 0 Å². The molecule has 12 heavy (non-hydrogen) atoms. The van der Waals surface area contributed by atoms with Crippen molar-refractivity contribution >= 4 is 0 Å². The molecule has 0 aromatic rings. The predicted octanol–water partition coefficient (Wildman–Crippen LogP) is 0.0699. The number of aliphatic hydroxyl groups excluding tert-OH is 2. The van der Waals surface area contributed by atoms with E-state index in [1.165, 1.54) is 0 Å². The maximum atomic E-state index is 9.31. The van der Waals surface area contributed by atoms with E-state index in [2.05, 4.69) is 4.90 Å². The number of rotatable bonds is 3. The average Bonchev–Trinajstić information content (AvgIpc) is 2.34. The summed E-state index contributed by atoms with van der Waals surface area (Å²) in [5.41, 5.74) is 0. The van der Waals surface area contributed by atoms with E-state index in [0.717, 1.165) is 26.1 Å². The molecule has 0 radical (unpaired) electrons. The first-order valence-corrected chi connectivity index (χ1v) is 4.68. The second-order valence-electron chi connectivity index (χ2n) is 3.90. The summed E-state index contributed by atoms with van der Waals surface area (Å²) in [6, 6.07) is 0. The van der Waals surface area contributed by atoms with Crippen LogP contribution in [-0.2, 0) is 0 Å². The molecule has 0 amide bonds. The molecule has 1 aliphatic heterocycles. The van der Waals surface area contributed by atoms with Crippen molar-refractivity contribution in [1.82, 2.24) is 4.90 Å². The summed E-state index contributed by atoms with van der Waals surface area (Å²) in [7, 11) is 0. The Bertz CT molecular complexity index is 136. The lowest BCUT2D eigenvalue weighted by Gasteiger charge is -2.18. The minimum absolute atomic E-state index is 0.205. The van der Waals surface area contributed by atoms with Crippen molar-refractivity contribution in [3.63, 3.8) is 0 Å². The zero-order valence-corrected chi connectivity index (χ0v) is 7.90. The predicted molar refractivity (Wildman–Crippen MR) is 47.9 cm³/mol. The maximum absolute atomic E-state index is 9.31. The number of β-amino-alcohol motifs (C(OH)–C–C–N with tert-alkyl or cyclic N) is 1. The Labute approximate surface area is 74.0 Å². The fraction of sp³-hybridized carbons (Fsp3) is 1.00. The maximum Gasteiger partial charge on any atom is 0.0639 e. The molecule has 72 valence electrons. The van der Waals surface area contributed by atoms with Gasteiger partial charge in [0, 0.05) is 13.1 Å². The smallest absolute Gasteiger partial charge is 0.0639 e. The normalized spacial score (nSPS) is 30.5. The molecule has 0 spiro atoms. The van der Waals surface area contributed by atoms with Crippen LogP contribution in [0.2, 0.25) is 0 Å². The standard InChI is InChI=1S/C9H19NO2/c1-7(11)5-10-4-3-9(6-10)8(2)12/h7-9,11-12H,3-6H2,1-2H3/t7-,8?,9?/m0/s1. The molecular weight excluding hydrogens is 154 g/mol. The fourth-order valence-corrected chi connectivity index (χ4v) is 1.80. The molecule has 2 unspecified atom stereocenters. The number of nitrogens with zero attached hydrogens (tertiary/aromatic N) is 1. The number of likely N-dealkylation sites (tertiary alicyclic amines) is 1. The summed E-state index contributed by atoms with van der Waals surface area (Å²) in [4.78, 5) is 2.21. The van der Waals surface area contributed by atoms with E-state index in [9.17, 15) is 5.11 Å². The lowest BCUT2D eigenvalue weighted by Crippen LogP contribution is -2.30. The molecule has 0 saturated carbocycles. The Morgan fingerprint density at radius 3 is 2.50 bits per heavy atom. The third kappa shape index (κ3) is 2.73. The van der Waals surface area contributed by atoms with Gasteiger partial charge in [-0.1, -0.05) is 0 Å². The van der Waals surface area contributed by atoms with Crippen LogP contribution in [0.5, 0.6) is 0 Å². The van der Waals surface area contributed by atoms with Gasteiger partial charge in [-0.05, 0) is 32.7 Å². The van der Waals surface area contributed by atoms with Gasteiger partial charge in [0.25, 0.3) is 0 Å². The third-order valence-electron chi connectivity index (χ3n) is 2.51. The Balaban J connectivity index is 2.26. The van der Waals surface area contributed by atoms with E-state index < -0.39 is 0 Å². The molecule has 0 aromatic heterocycles. The zero-order valence-electron chi connectivity index (χ0n) is 7.90. The molecule has 1 rings (SSSR count). The Morgan fingerprint density at radius 2 is 2.08 bits per heavy atom. The molecule has 2 N–H and O–H groups in total. The average molecular weight is 173 g/mol. The SMILES string of the molecule is CC(O)C1CCN(C[C@H](C)O)C1. The summed E-state index contributed by atoms with van der Waals surface area (Å²) < 4.78 is 0. The second-order valence-corrected chi connectivity index (χ2v) is 3.90. The molecule has 3 nitrogen and oxygen atoms in total. The van der Waals surface area contributed by atoms with Crippen molar-refractivity contribution in [3.8, 4) is 0 Å². The molecule has 3 heteroatoms. The van der Waals surface area contributed by atoms with Crippen molar-refractivity contribution < 1.29 is 10.2 Å². The Hall–Kier alpha value is -0.120. The van der Waals surface area contributed by atoms with Crippen LogP contribution >= 0.6 is 0 Å². The van der Waals surface area contributed by atoms with E-state index >= 15 is 0 Å². The molecule has 1 saturated heterocycles. The van der Waals surface area contributed by atoms with Crippen molar-refractivity contribution in [1.29, 1.82) is 0 Å². The highest BCUT2D eigenvalue weighted by molar-refractivity contribution is 4.79. The topological polar surface area (TPSA) is 43.7 Å². The molecule has 1 heterocycles. The molecule has 1 aliphatic rings. The number of hydrogen-bond donors (Lipinski definition) is 2. The summed E-state index contributed by atoms with van der Waals surface area (Å²) in [5, 5.41) is 18.4. The van der Waals surface area contributed by atoms with E-state index in [4.69, 9.17) is 5.11 Å². The van der Waals surface area contributed by atoms with E-state index in [1.54, 1.807) is 6.92 Å². The first-order valence-electron chi connectivity index (χ1n) is 4.68. The van der Waals surface area contributed by atoms with Crippen LogP contribution in [0.15, 0.2) is 0 Å². The second kappa shape index (κ2) is 4.21. The number of aliphatic hydroxyl groups is 2. The Kier molecular flexibility index (Phi) is 3.50. The molecular formula is C9H19NO2. The van der Waals surface area contributed by atoms with E-state index in [1.807, 2.05) is 6.92 Å². The highest BCUT2D eigenvalue weighted by Crippen LogP contribution is 2.19. The van der Waals surface area contributed by atoms with Crippen LogP contribution in [-0.4, -0.2) is 47.0 Å². The molecule has 0 aromatic carbocycles. The third-order valence-corrected chi connectivity index (χ3v) is 2.51. The van der Waals surface area contributed by atoms with Gasteiger partial charge in [0.2, 0.25) is 0 Å². The van der Waals surface area contributed by atoms with Gasteiger partial charge in [0.15, 0.2) is 0 Å². The molecule has 3 atom stereocenters. The minimum atomic E-state index is -0.252. The summed E-state index contributed by atoms with van der Waals surface area (Å²) >= 11 is 0. The monoisotopic (exact) mass is 173 g/mol. The van der Waals surface area contributed by atoms with Gasteiger partial charge in [-0.25, -0.2) is 0 Å². The van der Waals surface area contributed by atoms with Crippen molar-refractivity contribution in [2.45, 2.75) is 32.5 Å². The first kappa shape index (κ1) is 9.96. The molecule has 1 fully saturated rings. The van der Waals surface area contributed by atoms with Crippen LogP contribution in [0, 0.1) is 5.92 Å². The molecule has 0 aliphatic carbocycles. The van der Waals surface area contributed by atoms with E-state index in [0.29, 0.717) is 5.92 Å². The van der Waals surface area contributed by atoms with Gasteiger partial charge in [0.1, 0.15) is 0 Å². The molecule has 0 bridgehead atoms. The summed E-state index contributed by atoms with van der Waals surface area (Å²) in [6.45, 7) is 6.33. The van der Waals surface area contributed by atoms with Gasteiger partial charge in [-0.15, -0.1) is 0 Å². The van der Waals surface area contributed by atoms with Gasteiger partial charge in [0.05, 0.1) is 12.2 Å². The highest BCUT2D eigenvalue weighted by Gasteiger charge is 2.26. The summed E-state index contributed by atoms with van der Waals surface area (Å²) in [6.07, 6.45) is 0.603. The largest absolute Gasteiger partial charge is 0.393 e. The fourth-order valence-electron chi connectivity index (χ4n) is 1.80. The van der Waals surface area contributed by atoms with Gasteiger partial charge in [-0.2, -0.15) is 0 Å². The van der Waals surface area contributed by atoms with Gasteiger partial charge < -0.3 is 15.1 Å². The quantitative estimate of drug-likeness (QED) is 0.635. The van der Waals surface area contributed by atoms with E-state index in [-0.39, 0.29) is 12.2 Å². The zero-order chi connectivity index (χ0) is 9.14.